The van der Waals surface area contributed by atoms with E-state index >= 15 is 0 Å². The van der Waals surface area contributed by atoms with Gasteiger partial charge in [0.05, 0.1) is 5.75 Å². The number of nitrogens with two attached hydrogens (primary N) is 1. The SMILES string of the molecule is Cc1cc(I)ccc1NC(=O)CSc1cc(F)ccc1N. The van der Waals surface area contributed by atoms with Gasteiger partial charge in [-0.25, -0.2) is 4.39 Å². The number of hydrogen-bond acceptors (Lipinski definition) is 3. The number of benzene rings is 2. The maximum absolute atomic E-state index is 13.1. The summed E-state index contributed by atoms with van der Waals surface area (Å²) in [5.41, 5.74) is 8.01. The van der Waals surface area contributed by atoms with Crippen LogP contribution in [0.5, 0.6) is 0 Å². The second-order valence-electron chi connectivity index (χ2n) is 4.48. The van der Waals surface area contributed by atoms with Crippen molar-refractivity contribution in [3.05, 3.63) is 51.3 Å². The van der Waals surface area contributed by atoms with Crippen LogP contribution in [0, 0.1) is 16.3 Å². The lowest BCUT2D eigenvalue weighted by atomic mass is 10.2. The molecule has 0 saturated carbocycles. The molecule has 0 spiro atoms. The first-order chi connectivity index (χ1) is 9.95. The lowest BCUT2D eigenvalue weighted by Gasteiger charge is -2.09. The summed E-state index contributed by atoms with van der Waals surface area (Å²) in [5.74, 6) is -0.326. The molecule has 6 heteroatoms. The van der Waals surface area contributed by atoms with E-state index in [2.05, 4.69) is 27.9 Å². The Morgan fingerprint density at radius 1 is 1.33 bits per heavy atom. The van der Waals surface area contributed by atoms with Crippen LogP contribution in [0.4, 0.5) is 15.8 Å². The highest BCUT2D eigenvalue weighted by Gasteiger charge is 2.08. The van der Waals surface area contributed by atoms with Gasteiger partial charge in [0.1, 0.15) is 5.82 Å². The summed E-state index contributed by atoms with van der Waals surface area (Å²) >= 11 is 3.44. The lowest BCUT2D eigenvalue weighted by Crippen LogP contribution is -2.15. The van der Waals surface area contributed by atoms with E-state index in [9.17, 15) is 9.18 Å². The van der Waals surface area contributed by atoms with Gasteiger partial charge in [0.2, 0.25) is 5.91 Å². The van der Waals surface area contributed by atoms with Crippen LogP contribution in [0.2, 0.25) is 0 Å². The Morgan fingerprint density at radius 3 is 2.81 bits per heavy atom. The van der Waals surface area contributed by atoms with Gasteiger partial charge < -0.3 is 11.1 Å². The van der Waals surface area contributed by atoms with E-state index in [1.165, 1.54) is 30.0 Å². The minimum Gasteiger partial charge on any atom is -0.398 e. The van der Waals surface area contributed by atoms with Gasteiger partial charge in [0.25, 0.3) is 0 Å². The minimum absolute atomic E-state index is 0.145. The second-order valence-corrected chi connectivity index (χ2v) is 6.74. The molecule has 2 aromatic carbocycles. The van der Waals surface area contributed by atoms with Gasteiger partial charge in [0, 0.05) is 19.8 Å². The summed E-state index contributed by atoms with van der Waals surface area (Å²) in [6, 6.07) is 9.93. The Balaban J connectivity index is 1.97. The quantitative estimate of drug-likeness (QED) is 0.449. The zero-order valence-corrected chi connectivity index (χ0v) is 14.3. The average Bonchev–Trinajstić information content (AvgIpc) is 2.43. The van der Waals surface area contributed by atoms with E-state index in [0.29, 0.717) is 10.6 Å². The molecule has 0 atom stereocenters. The van der Waals surface area contributed by atoms with Crippen LogP contribution in [0.3, 0.4) is 0 Å². The maximum Gasteiger partial charge on any atom is 0.234 e. The monoisotopic (exact) mass is 416 g/mol. The number of rotatable bonds is 4. The van der Waals surface area contributed by atoms with Gasteiger partial charge in [-0.3, -0.25) is 4.79 Å². The Bertz CT molecular complexity index is 679. The smallest absolute Gasteiger partial charge is 0.234 e. The molecule has 2 aromatic rings. The van der Waals surface area contributed by atoms with E-state index in [4.69, 9.17) is 5.73 Å². The summed E-state index contributed by atoms with van der Waals surface area (Å²) in [7, 11) is 0. The number of thioether (sulfide) groups is 1. The van der Waals surface area contributed by atoms with Crippen LogP contribution >= 0.6 is 34.4 Å². The zero-order valence-electron chi connectivity index (χ0n) is 11.3. The van der Waals surface area contributed by atoms with Crippen LogP contribution < -0.4 is 11.1 Å². The van der Waals surface area contributed by atoms with E-state index in [1.807, 2.05) is 25.1 Å². The van der Waals surface area contributed by atoms with Gasteiger partial charge in [0.15, 0.2) is 0 Å². The number of nitrogens with one attached hydrogen (secondary N) is 1. The molecule has 3 nitrogen and oxygen atoms in total. The van der Waals surface area contributed by atoms with Gasteiger partial charge in [-0.1, -0.05) is 0 Å². The van der Waals surface area contributed by atoms with Crippen molar-refractivity contribution in [2.24, 2.45) is 0 Å². The maximum atomic E-state index is 13.1. The molecule has 2 rings (SSSR count). The van der Waals surface area contributed by atoms with Crippen LogP contribution in [-0.2, 0) is 4.79 Å². The van der Waals surface area contributed by atoms with E-state index in [1.54, 1.807) is 0 Å². The summed E-state index contributed by atoms with van der Waals surface area (Å²) in [6.07, 6.45) is 0. The van der Waals surface area contributed by atoms with Crippen molar-refractivity contribution in [1.29, 1.82) is 0 Å². The molecule has 0 radical (unpaired) electrons. The van der Waals surface area contributed by atoms with Crippen molar-refractivity contribution in [2.45, 2.75) is 11.8 Å². The van der Waals surface area contributed by atoms with Gasteiger partial charge >= 0.3 is 0 Å². The number of hydrogen-bond donors (Lipinski definition) is 2. The standard InChI is InChI=1S/C15H14FIN2OS/c1-9-6-11(17)3-5-13(9)19-15(20)8-21-14-7-10(16)2-4-12(14)18/h2-7H,8,18H2,1H3,(H,19,20). The Morgan fingerprint density at radius 2 is 2.10 bits per heavy atom. The van der Waals surface area contributed by atoms with Crippen molar-refractivity contribution in [3.8, 4) is 0 Å². The third-order valence-corrected chi connectivity index (χ3v) is 4.54. The zero-order chi connectivity index (χ0) is 15.4. The number of aryl methyl sites for hydroxylation is 1. The number of carbonyl (C=O) groups excluding carboxylic acids is 1. The fraction of sp³-hybridized carbons (Fsp3) is 0.133. The van der Waals surface area contributed by atoms with Gasteiger partial charge in [-0.05, 0) is 71.5 Å². The van der Waals surface area contributed by atoms with E-state index in [-0.39, 0.29) is 17.5 Å². The molecule has 1 amide bonds. The largest absolute Gasteiger partial charge is 0.398 e. The molecule has 3 N–H and O–H groups in total. The third kappa shape index (κ3) is 4.60. The van der Waals surface area contributed by atoms with Crippen LogP contribution in [0.1, 0.15) is 5.56 Å². The molecule has 0 saturated heterocycles. The molecular formula is C15H14FIN2OS. The van der Waals surface area contributed by atoms with Crippen LogP contribution in [-0.4, -0.2) is 11.7 Å². The van der Waals surface area contributed by atoms with Crippen molar-refractivity contribution in [3.63, 3.8) is 0 Å². The summed E-state index contributed by atoms with van der Waals surface area (Å²) in [6.45, 7) is 1.94. The number of halogens is 2. The summed E-state index contributed by atoms with van der Waals surface area (Å²) in [5, 5.41) is 2.84. The Kier molecular flexibility index (Phi) is 5.46. The lowest BCUT2D eigenvalue weighted by molar-refractivity contribution is -0.113. The van der Waals surface area contributed by atoms with Gasteiger partial charge in [-0.2, -0.15) is 0 Å². The number of amides is 1. The highest BCUT2D eigenvalue weighted by molar-refractivity contribution is 14.1. The molecule has 0 aliphatic heterocycles. The first-order valence-corrected chi connectivity index (χ1v) is 8.26. The number of anilines is 2. The molecule has 21 heavy (non-hydrogen) atoms. The first kappa shape index (κ1) is 16.1. The topological polar surface area (TPSA) is 55.1 Å². The Labute approximate surface area is 140 Å². The van der Waals surface area contributed by atoms with Crippen LogP contribution in [0.25, 0.3) is 0 Å². The average molecular weight is 416 g/mol. The van der Waals surface area contributed by atoms with Crippen LogP contribution in [0.15, 0.2) is 41.3 Å². The molecule has 0 aliphatic carbocycles. The number of nitrogen functional groups attached to an aromatic ring is 1. The molecule has 0 aromatic heterocycles. The first-order valence-electron chi connectivity index (χ1n) is 6.19. The molecule has 0 heterocycles. The fourth-order valence-electron chi connectivity index (χ4n) is 1.73. The third-order valence-electron chi connectivity index (χ3n) is 2.80. The molecular weight excluding hydrogens is 402 g/mol. The summed E-state index contributed by atoms with van der Waals surface area (Å²) < 4.78 is 14.3. The predicted molar refractivity (Wildman–Crippen MR) is 94.1 cm³/mol. The summed E-state index contributed by atoms with van der Waals surface area (Å²) in [4.78, 5) is 12.5. The highest BCUT2D eigenvalue weighted by atomic mass is 127. The minimum atomic E-state index is -0.361. The number of carbonyl (C=O) groups is 1. The predicted octanol–water partition coefficient (Wildman–Crippen LogP) is 4.05. The normalized spacial score (nSPS) is 10.4. The van der Waals surface area contributed by atoms with Crippen molar-refractivity contribution in [2.75, 3.05) is 16.8 Å². The van der Waals surface area contributed by atoms with E-state index < -0.39 is 0 Å². The van der Waals surface area contributed by atoms with Crippen molar-refractivity contribution < 1.29 is 9.18 Å². The molecule has 0 unspecified atom stereocenters. The molecule has 0 fully saturated rings. The van der Waals surface area contributed by atoms with Crippen molar-refractivity contribution >= 4 is 51.6 Å². The van der Waals surface area contributed by atoms with Crippen molar-refractivity contribution in [1.82, 2.24) is 0 Å². The molecule has 0 bridgehead atoms. The Hall–Kier alpha value is -1.28. The molecule has 110 valence electrons. The highest BCUT2D eigenvalue weighted by Crippen LogP contribution is 2.26. The fourth-order valence-corrected chi connectivity index (χ4v) is 3.17. The van der Waals surface area contributed by atoms with E-state index in [0.717, 1.165) is 14.8 Å². The molecule has 0 aliphatic rings. The van der Waals surface area contributed by atoms with Gasteiger partial charge in [-0.15, -0.1) is 11.8 Å². The second kappa shape index (κ2) is 7.13.